The van der Waals surface area contributed by atoms with E-state index in [0.29, 0.717) is 5.75 Å². The van der Waals surface area contributed by atoms with E-state index < -0.39 is 5.97 Å². The third-order valence-electron chi connectivity index (χ3n) is 2.12. The van der Waals surface area contributed by atoms with Gasteiger partial charge in [-0.3, -0.25) is 0 Å². The van der Waals surface area contributed by atoms with Crippen molar-refractivity contribution < 1.29 is 14.3 Å². The van der Waals surface area contributed by atoms with Crippen LogP contribution in [-0.4, -0.2) is 19.7 Å². The maximum Gasteiger partial charge on any atom is 0.350 e. The second-order valence-corrected chi connectivity index (χ2v) is 3.39. The van der Waals surface area contributed by atoms with Crippen molar-refractivity contribution in [2.24, 2.45) is 0 Å². The molecule has 0 aliphatic rings. The van der Waals surface area contributed by atoms with Gasteiger partial charge in [-0.1, -0.05) is 6.07 Å². The van der Waals surface area contributed by atoms with Gasteiger partial charge < -0.3 is 20.3 Å². The SMILES string of the molecule is CCOC(=O)/C(C#N)=C/NNc1cccc(OC)c1. The van der Waals surface area contributed by atoms with Crippen LogP contribution in [0.4, 0.5) is 5.69 Å². The molecule has 0 unspecified atom stereocenters. The summed E-state index contributed by atoms with van der Waals surface area (Å²) in [7, 11) is 1.57. The Kier molecular flexibility index (Phi) is 5.76. The minimum Gasteiger partial charge on any atom is -0.497 e. The highest BCUT2D eigenvalue weighted by Crippen LogP contribution is 2.15. The Morgan fingerprint density at radius 2 is 2.32 bits per heavy atom. The van der Waals surface area contributed by atoms with E-state index in [2.05, 4.69) is 10.9 Å². The lowest BCUT2D eigenvalue weighted by Crippen LogP contribution is -2.17. The van der Waals surface area contributed by atoms with Gasteiger partial charge in [0.25, 0.3) is 0 Å². The fourth-order valence-electron chi connectivity index (χ4n) is 1.24. The summed E-state index contributed by atoms with van der Waals surface area (Å²) in [5.74, 6) is 0.0339. The minimum atomic E-state index is -0.662. The predicted octanol–water partition coefficient (Wildman–Crippen LogP) is 1.58. The number of carbonyl (C=O) groups excluding carboxylic acids is 1. The number of nitrogens with one attached hydrogen (secondary N) is 2. The molecule has 0 atom stereocenters. The van der Waals surface area contributed by atoms with E-state index in [0.717, 1.165) is 5.69 Å². The minimum absolute atomic E-state index is 0.114. The van der Waals surface area contributed by atoms with Crippen molar-refractivity contribution in [2.45, 2.75) is 6.92 Å². The van der Waals surface area contributed by atoms with Crippen LogP contribution in [0.5, 0.6) is 5.75 Å². The molecule has 100 valence electrons. The van der Waals surface area contributed by atoms with Crippen LogP contribution in [0.25, 0.3) is 0 Å². The number of ether oxygens (including phenoxy) is 2. The van der Waals surface area contributed by atoms with Gasteiger partial charge in [-0.15, -0.1) is 0 Å². The van der Waals surface area contributed by atoms with Crippen LogP contribution < -0.4 is 15.6 Å². The van der Waals surface area contributed by atoms with Gasteiger partial charge in [-0.25, -0.2) is 4.79 Å². The van der Waals surface area contributed by atoms with Crippen molar-refractivity contribution in [1.82, 2.24) is 5.43 Å². The molecule has 0 fully saturated rings. The number of esters is 1. The fourth-order valence-corrected chi connectivity index (χ4v) is 1.24. The van der Waals surface area contributed by atoms with Crippen molar-refractivity contribution in [3.05, 3.63) is 36.0 Å². The Labute approximate surface area is 111 Å². The molecule has 0 aromatic heterocycles. The van der Waals surface area contributed by atoms with E-state index in [-0.39, 0.29) is 12.2 Å². The average molecular weight is 261 g/mol. The van der Waals surface area contributed by atoms with Crippen LogP contribution >= 0.6 is 0 Å². The molecule has 0 spiro atoms. The van der Waals surface area contributed by atoms with Gasteiger partial charge in [-0.2, -0.15) is 5.26 Å². The summed E-state index contributed by atoms with van der Waals surface area (Å²) in [5.41, 5.74) is 6.09. The van der Waals surface area contributed by atoms with Crippen LogP contribution in [0.1, 0.15) is 6.92 Å². The Hall–Kier alpha value is -2.68. The van der Waals surface area contributed by atoms with E-state index in [1.54, 1.807) is 38.3 Å². The van der Waals surface area contributed by atoms with E-state index in [9.17, 15) is 4.79 Å². The Morgan fingerprint density at radius 1 is 1.53 bits per heavy atom. The van der Waals surface area contributed by atoms with Gasteiger partial charge in [0.05, 0.1) is 19.4 Å². The van der Waals surface area contributed by atoms with E-state index in [1.807, 2.05) is 6.07 Å². The molecule has 2 N–H and O–H groups in total. The first-order valence-electron chi connectivity index (χ1n) is 5.64. The number of benzene rings is 1. The first-order chi connectivity index (χ1) is 9.21. The molecular weight excluding hydrogens is 246 g/mol. The third-order valence-corrected chi connectivity index (χ3v) is 2.12. The van der Waals surface area contributed by atoms with Crippen LogP contribution in [0.3, 0.4) is 0 Å². The number of hydrazine groups is 1. The molecule has 0 amide bonds. The number of methoxy groups -OCH3 is 1. The molecule has 0 radical (unpaired) electrons. The Morgan fingerprint density at radius 3 is 2.95 bits per heavy atom. The van der Waals surface area contributed by atoms with Gasteiger partial charge in [0, 0.05) is 12.3 Å². The number of hydrogen-bond donors (Lipinski definition) is 2. The van der Waals surface area contributed by atoms with Crippen LogP contribution in [0.2, 0.25) is 0 Å². The van der Waals surface area contributed by atoms with E-state index in [4.69, 9.17) is 14.7 Å². The maximum absolute atomic E-state index is 11.3. The molecule has 0 bridgehead atoms. The first kappa shape index (κ1) is 14.4. The van der Waals surface area contributed by atoms with E-state index in [1.165, 1.54) is 6.20 Å². The number of carbonyl (C=O) groups is 1. The molecule has 0 aliphatic carbocycles. The topological polar surface area (TPSA) is 83.4 Å². The Bertz CT molecular complexity index is 506. The quantitative estimate of drug-likeness (QED) is 0.350. The van der Waals surface area contributed by atoms with Gasteiger partial charge in [0.1, 0.15) is 11.8 Å². The molecule has 0 aliphatic heterocycles. The summed E-state index contributed by atoms with van der Waals surface area (Å²) in [4.78, 5) is 11.3. The fraction of sp³-hybridized carbons (Fsp3) is 0.231. The summed E-state index contributed by atoms with van der Waals surface area (Å²) in [6, 6.07) is 8.94. The zero-order valence-electron chi connectivity index (χ0n) is 10.8. The highest BCUT2D eigenvalue weighted by Gasteiger charge is 2.08. The lowest BCUT2D eigenvalue weighted by molar-refractivity contribution is -0.138. The zero-order chi connectivity index (χ0) is 14.1. The summed E-state index contributed by atoms with van der Waals surface area (Å²) >= 11 is 0. The van der Waals surface area contributed by atoms with Crippen molar-refractivity contribution in [3.8, 4) is 11.8 Å². The summed E-state index contributed by atoms with van der Waals surface area (Å²) in [6.07, 6.45) is 1.25. The second-order valence-electron chi connectivity index (χ2n) is 3.39. The smallest absolute Gasteiger partial charge is 0.350 e. The van der Waals surface area contributed by atoms with Gasteiger partial charge >= 0.3 is 5.97 Å². The van der Waals surface area contributed by atoms with Gasteiger partial charge in [0.2, 0.25) is 0 Å². The standard InChI is InChI=1S/C13H15N3O3/c1-3-19-13(17)10(8-14)9-15-16-11-5-4-6-12(7-11)18-2/h4-7,9,15-16H,3H2,1-2H3/b10-9+. The number of nitrogens with zero attached hydrogens (tertiary/aromatic N) is 1. The van der Waals surface area contributed by atoms with Gasteiger partial charge in [0.15, 0.2) is 5.57 Å². The van der Waals surface area contributed by atoms with Crippen molar-refractivity contribution in [2.75, 3.05) is 19.1 Å². The zero-order valence-corrected chi connectivity index (χ0v) is 10.8. The number of hydrogen-bond acceptors (Lipinski definition) is 6. The predicted molar refractivity (Wildman–Crippen MR) is 70.1 cm³/mol. The molecule has 1 rings (SSSR count). The molecule has 0 saturated carbocycles. The van der Waals surface area contributed by atoms with Crippen LogP contribution in [0.15, 0.2) is 36.0 Å². The van der Waals surface area contributed by atoms with Crippen LogP contribution in [-0.2, 0) is 9.53 Å². The average Bonchev–Trinajstić information content (AvgIpc) is 2.44. The normalized spacial score (nSPS) is 10.3. The largest absolute Gasteiger partial charge is 0.497 e. The van der Waals surface area contributed by atoms with E-state index >= 15 is 0 Å². The maximum atomic E-state index is 11.3. The molecule has 1 aromatic rings. The molecule has 6 nitrogen and oxygen atoms in total. The lowest BCUT2D eigenvalue weighted by Gasteiger charge is -2.07. The molecule has 0 heterocycles. The summed E-state index contributed by atoms with van der Waals surface area (Å²) in [5, 5.41) is 8.80. The van der Waals surface area contributed by atoms with Crippen molar-refractivity contribution in [1.29, 1.82) is 5.26 Å². The second kappa shape index (κ2) is 7.61. The number of anilines is 1. The number of rotatable bonds is 6. The van der Waals surface area contributed by atoms with Gasteiger partial charge in [-0.05, 0) is 19.1 Å². The van der Waals surface area contributed by atoms with Crippen molar-refractivity contribution in [3.63, 3.8) is 0 Å². The molecule has 1 aromatic carbocycles. The molecule has 0 saturated heterocycles. The third kappa shape index (κ3) is 4.60. The summed E-state index contributed by atoms with van der Waals surface area (Å²) < 4.78 is 9.78. The first-order valence-corrected chi connectivity index (χ1v) is 5.64. The number of nitriles is 1. The molecule has 6 heteroatoms. The highest BCUT2D eigenvalue weighted by atomic mass is 16.5. The highest BCUT2D eigenvalue weighted by molar-refractivity contribution is 5.92. The lowest BCUT2D eigenvalue weighted by atomic mass is 10.3. The van der Waals surface area contributed by atoms with Crippen LogP contribution in [0, 0.1) is 11.3 Å². The monoisotopic (exact) mass is 261 g/mol. The summed E-state index contributed by atoms with van der Waals surface area (Å²) in [6.45, 7) is 1.90. The van der Waals surface area contributed by atoms with Crippen molar-refractivity contribution >= 4 is 11.7 Å². The molecular formula is C13H15N3O3. The Balaban J connectivity index is 2.60. The molecule has 19 heavy (non-hydrogen) atoms.